The first kappa shape index (κ1) is 15.0. The molecule has 0 saturated heterocycles. The van der Waals surface area contributed by atoms with E-state index in [1.165, 1.54) is 0 Å². The van der Waals surface area contributed by atoms with Crippen LogP contribution < -0.4 is 11.1 Å². The van der Waals surface area contributed by atoms with Crippen LogP contribution in [0.5, 0.6) is 0 Å². The Labute approximate surface area is 126 Å². The topological polar surface area (TPSA) is 68.0 Å². The number of amides is 1. The molecule has 1 aromatic carbocycles. The van der Waals surface area contributed by atoms with Crippen LogP contribution >= 0.6 is 23.1 Å². The Kier molecular flexibility index (Phi) is 5.58. The molecule has 6 heteroatoms. The van der Waals surface area contributed by atoms with Gasteiger partial charge in [0.05, 0.1) is 6.04 Å². The molecule has 0 unspecified atom stereocenters. The van der Waals surface area contributed by atoms with E-state index in [9.17, 15) is 4.79 Å². The van der Waals surface area contributed by atoms with E-state index in [1.54, 1.807) is 29.3 Å². The molecule has 1 amide bonds. The lowest BCUT2D eigenvalue weighted by Gasteiger charge is -2.11. The maximum Gasteiger partial charge on any atom is 0.241 e. The summed E-state index contributed by atoms with van der Waals surface area (Å²) in [6.07, 6.45) is 4.46. The highest BCUT2D eigenvalue weighted by Gasteiger charge is 2.12. The molecule has 1 heterocycles. The summed E-state index contributed by atoms with van der Waals surface area (Å²) >= 11 is 3.28. The van der Waals surface area contributed by atoms with Crippen molar-refractivity contribution < 1.29 is 4.79 Å². The van der Waals surface area contributed by atoms with Crippen molar-refractivity contribution in [3.05, 3.63) is 35.8 Å². The zero-order valence-corrected chi connectivity index (χ0v) is 12.8. The number of aromatic nitrogens is 1. The predicted molar refractivity (Wildman–Crippen MR) is 87.2 cm³/mol. The minimum atomic E-state index is -0.457. The van der Waals surface area contributed by atoms with Gasteiger partial charge in [0.1, 0.15) is 5.01 Å². The Morgan fingerprint density at radius 3 is 2.80 bits per heavy atom. The number of thioether (sulfide) groups is 1. The molecule has 0 spiro atoms. The molecular weight excluding hydrogens is 290 g/mol. The summed E-state index contributed by atoms with van der Waals surface area (Å²) in [7, 11) is 0. The Hall–Kier alpha value is -1.37. The molecule has 0 saturated carbocycles. The van der Waals surface area contributed by atoms with Gasteiger partial charge in [-0.3, -0.25) is 4.79 Å². The number of hydrogen-bond donors (Lipinski definition) is 2. The monoisotopic (exact) mass is 307 g/mol. The van der Waals surface area contributed by atoms with Crippen molar-refractivity contribution in [2.45, 2.75) is 12.5 Å². The number of carbonyl (C=O) groups excluding carboxylic acids is 1. The Bertz CT molecular complexity index is 540. The normalized spacial score (nSPS) is 12.1. The van der Waals surface area contributed by atoms with Crippen molar-refractivity contribution in [1.29, 1.82) is 0 Å². The van der Waals surface area contributed by atoms with Crippen molar-refractivity contribution in [2.24, 2.45) is 5.73 Å². The highest BCUT2D eigenvalue weighted by atomic mass is 32.2. The first-order chi connectivity index (χ1) is 9.70. The van der Waals surface area contributed by atoms with Crippen molar-refractivity contribution in [1.82, 2.24) is 4.98 Å². The predicted octanol–water partition coefficient (Wildman–Crippen LogP) is 2.83. The third-order valence-corrected chi connectivity index (χ3v) is 4.27. The maximum absolute atomic E-state index is 11.9. The lowest BCUT2D eigenvalue weighted by atomic mass is 10.2. The summed E-state index contributed by atoms with van der Waals surface area (Å²) in [6.45, 7) is 0. The molecule has 3 N–H and O–H groups in total. The number of benzene rings is 1. The second-order valence-corrected chi connectivity index (χ2v) is 6.17. The van der Waals surface area contributed by atoms with Gasteiger partial charge in [0.2, 0.25) is 5.91 Å². The average molecular weight is 307 g/mol. The minimum Gasteiger partial charge on any atom is -0.325 e. The Balaban J connectivity index is 1.95. The first-order valence-electron chi connectivity index (χ1n) is 6.26. The number of carbonyl (C=O) groups is 1. The Morgan fingerprint density at radius 2 is 2.20 bits per heavy atom. The van der Waals surface area contributed by atoms with E-state index in [0.717, 1.165) is 22.0 Å². The van der Waals surface area contributed by atoms with E-state index in [4.69, 9.17) is 5.73 Å². The van der Waals surface area contributed by atoms with Gasteiger partial charge in [-0.2, -0.15) is 11.8 Å². The molecule has 0 fully saturated rings. The number of rotatable bonds is 6. The standard InChI is InChI=1S/C14H17N3OS2/c1-19-8-6-12(15)13(18)17-11-4-2-10(3-5-11)14-16-7-9-20-14/h2-5,7,9,12H,6,8,15H2,1H3,(H,17,18)/t12-/m0/s1. The van der Waals surface area contributed by atoms with E-state index in [-0.39, 0.29) is 5.91 Å². The molecule has 2 aromatic rings. The molecule has 1 atom stereocenters. The fourth-order valence-corrected chi connectivity index (χ4v) is 2.81. The molecule has 0 aliphatic carbocycles. The van der Waals surface area contributed by atoms with E-state index >= 15 is 0 Å². The minimum absolute atomic E-state index is 0.138. The smallest absolute Gasteiger partial charge is 0.241 e. The number of nitrogens with zero attached hydrogens (tertiary/aromatic N) is 1. The lowest BCUT2D eigenvalue weighted by Crippen LogP contribution is -2.36. The van der Waals surface area contributed by atoms with Gasteiger partial charge in [-0.1, -0.05) is 0 Å². The number of nitrogens with one attached hydrogen (secondary N) is 1. The molecule has 2 rings (SSSR count). The van der Waals surface area contributed by atoms with Crippen LogP contribution in [0.4, 0.5) is 5.69 Å². The molecule has 0 aliphatic rings. The highest BCUT2D eigenvalue weighted by Crippen LogP contribution is 2.23. The highest BCUT2D eigenvalue weighted by molar-refractivity contribution is 7.98. The molecule has 20 heavy (non-hydrogen) atoms. The fourth-order valence-electron chi connectivity index (χ4n) is 1.67. The van der Waals surface area contributed by atoms with Gasteiger partial charge in [0, 0.05) is 22.8 Å². The van der Waals surface area contributed by atoms with Crippen LogP contribution in [0.3, 0.4) is 0 Å². The van der Waals surface area contributed by atoms with Crippen molar-refractivity contribution in [3.8, 4) is 10.6 Å². The van der Waals surface area contributed by atoms with Gasteiger partial charge in [-0.15, -0.1) is 11.3 Å². The summed E-state index contributed by atoms with van der Waals surface area (Å²) in [4.78, 5) is 16.1. The van der Waals surface area contributed by atoms with E-state index in [2.05, 4.69) is 10.3 Å². The van der Waals surface area contributed by atoms with Crippen LogP contribution in [0.25, 0.3) is 10.6 Å². The lowest BCUT2D eigenvalue weighted by molar-refractivity contribution is -0.117. The molecule has 0 radical (unpaired) electrons. The number of anilines is 1. The third kappa shape index (κ3) is 4.06. The third-order valence-electron chi connectivity index (χ3n) is 2.80. The number of nitrogens with two attached hydrogens (primary N) is 1. The summed E-state index contributed by atoms with van der Waals surface area (Å²) in [6, 6.07) is 7.18. The van der Waals surface area contributed by atoms with Crippen molar-refractivity contribution in [2.75, 3.05) is 17.3 Å². The van der Waals surface area contributed by atoms with Crippen LogP contribution in [0.2, 0.25) is 0 Å². The number of thiazole rings is 1. The second kappa shape index (κ2) is 7.42. The van der Waals surface area contributed by atoms with E-state index in [0.29, 0.717) is 6.42 Å². The van der Waals surface area contributed by atoms with Crippen LogP contribution in [-0.4, -0.2) is 28.9 Å². The van der Waals surface area contributed by atoms with Gasteiger partial charge < -0.3 is 11.1 Å². The quantitative estimate of drug-likeness (QED) is 0.861. The molecule has 0 bridgehead atoms. The summed E-state index contributed by atoms with van der Waals surface area (Å²) in [5, 5.41) is 5.74. The maximum atomic E-state index is 11.9. The van der Waals surface area contributed by atoms with Gasteiger partial charge in [-0.05, 0) is 42.7 Å². The second-order valence-electron chi connectivity index (χ2n) is 4.29. The number of hydrogen-bond acceptors (Lipinski definition) is 5. The van der Waals surface area contributed by atoms with Gasteiger partial charge >= 0.3 is 0 Å². The van der Waals surface area contributed by atoms with E-state index < -0.39 is 6.04 Å². The fraction of sp³-hybridized carbons (Fsp3) is 0.286. The zero-order valence-electron chi connectivity index (χ0n) is 11.2. The molecule has 106 valence electrons. The van der Waals surface area contributed by atoms with Crippen LogP contribution in [0.1, 0.15) is 6.42 Å². The average Bonchev–Trinajstić information content (AvgIpc) is 2.99. The SMILES string of the molecule is CSCC[C@H](N)C(=O)Nc1ccc(-c2nccs2)cc1. The summed E-state index contributed by atoms with van der Waals surface area (Å²) in [5.41, 5.74) is 7.63. The largest absolute Gasteiger partial charge is 0.325 e. The van der Waals surface area contributed by atoms with Gasteiger partial charge in [0.25, 0.3) is 0 Å². The van der Waals surface area contributed by atoms with Crippen LogP contribution in [0, 0.1) is 0 Å². The van der Waals surface area contributed by atoms with Crippen LogP contribution in [-0.2, 0) is 4.79 Å². The van der Waals surface area contributed by atoms with Gasteiger partial charge in [-0.25, -0.2) is 4.98 Å². The molecule has 4 nitrogen and oxygen atoms in total. The Morgan fingerprint density at radius 1 is 1.45 bits per heavy atom. The molecular formula is C14H17N3OS2. The van der Waals surface area contributed by atoms with Crippen molar-refractivity contribution >= 4 is 34.7 Å². The van der Waals surface area contributed by atoms with Crippen LogP contribution in [0.15, 0.2) is 35.8 Å². The molecule has 0 aliphatic heterocycles. The first-order valence-corrected chi connectivity index (χ1v) is 8.53. The van der Waals surface area contributed by atoms with Crippen molar-refractivity contribution in [3.63, 3.8) is 0 Å². The summed E-state index contributed by atoms with van der Waals surface area (Å²) in [5.74, 6) is 0.749. The van der Waals surface area contributed by atoms with E-state index in [1.807, 2.05) is 35.9 Å². The summed E-state index contributed by atoms with van der Waals surface area (Å²) < 4.78 is 0. The molecule has 1 aromatic heterocycles. The zero-order chi connectivity index (χ0) is 14.4. The van der Waals surface area contributed by atoms with Gasteiger partial charge in [0.15, 0.2) is 0 Å².